The normalized spacial score (nSPS) is 10.2. The van der Waals surface area contributed by atoms with Crippen molar-refractivity contribution in [2.75, 3.05) is 0 Å². The van der Waals surface area contributed by atoms with Crippen LogP contribution in [0, 0.1) is 0 Å². The highest BCUT2D eigenvalue weighted by Gasteiger charge is 2.10. The van der Waals surface area contributed by atoms with E-state index in [0.717, 1.165) is 16.9 Å². The highest BCUT2D eigenvalue weighted by molar-refractivity contribution is 7.16. The zero-order valence-electron chi connectivity index (χ0n) is 7.48. The van der Waals surface area contributed by atoms with Crippen LogP contribution in [0.15, 0.2) is 24.3 Å². The predicted molar refractivity (Wildman–Crippen MR) is 58.9 cm³/mol. The zero-order chi connectivity index (χ0) is 10.8. The number of aromatic nitrogens is 2. The molecule has 1 heterocycles. The quantitative estimate of drug-likeness (QED) is 0.871. The van der Waals surface area contributed by atoms with Crippen LogP contribution in [0.2, 0.25) is 5.02 Å². The first-order valence-electron chi connectivity index (χ1n) is 4.06. The smallest absolute Gasteiger partial charge is 0.279 e. The largest absolute Gasteiger partial charge is 0.363 e. The summed E-state index contributed by atoms with van der Waals surface area (Å²) in [6.07, 6.45) is 0. The molecule has 0 aliphatic rings. The summed E-state index contributed by atoms with van der Waals surface area (Å²) >= 11 is 6.91. The number of nitrogens with zero attached hydrogens (tertiary/aromatic N) is 2. The van der Waals surface area contributed by atoms with E-state index < -0.39 is 5.91 Å². The fraction of sp³-hybridized carbons (Fsp3) is 0. The van der Waals surface area contributed by atoms with Gasteiger partial charge >= 0.3 is 0 Å². The minimum absolute atomic E-state index is 0.208. The molecule has 0 saturated carbocycles. The van der Waals surface area contributed by atoms with Gasteiger partial charge in [-0.05, 0) is 12.1 Å². The van der Waals surface area contributed by atoms with Gasteiger partial charge in [0.05, 0.1) is 0 Å². The van der Waals surface area contributed by atoms with Crippen molar-refractivity contribution >= 4 is 28.8 Å². The Bertz CT molecular complexity index is 494. The van der Waals surface area contributed by atoms with Crippen molar-refractivity contribution in [3.8, 4) is 10.6 Å². The highest BCUT2D eigenvalue weighted by Crippen LogP contribution is 2.24. The van der Waals surface area contributed by atoms with Crippen molar-refractivity contribution in [2.45, 2.75) is 0 Å². The van der Waals surface area contributed by atoms with Gasteiger partial charge in [-0.3, -0.25) is 4.79 Å². The minimum Gasteiger partial charge on any atom is -0.363 e. The summed E-state index contributed by atoms with van der Waals surface area (Å²) in [5.74, 6) is -0.562. The van der Waals surface area contributed by atoms with Gasteiger partial charge < -0.3 is 5.73 Å². The Morgan fingerprint density at radius 1 is 1.27 bits per heavy atom. The number of benzene rings is 1. The molecule has 1 aromatic carbocycles. The molecule has 0 aliphatic carbocycles. The lowest BCUT2D eigenvalue weighted by molar-refractivity contribution is 0.0999. The summed E-state index contributed by atoms with van der Waals surface area (Å²) in [6.45, 7) is 0. The Kier molecular flexibility index (Phi) is 2.66. The number of hydrogen-bond acceptors (Lipinski definition) is 4. The number of hydrogen-bond donors (Lipinski definition) is 1. The van der Waals surface area contributed by atoms with Crippen LogP contribution in [-0.2, 0) is 0 Å². The first-order valence-corrected chi connectivity index (χ1v) is 5.25. The number of nitrogens with two attached hydrogens (primary N) is 1. The molecule has 2 aromatic rings. The SMILES string of the molecule is NC(=O)c1nnc(-c2ccc(Cl)cc2)s1. The molecule has 4 nitrogen and oxygen atoms in total. The molecule has 0 bridgehead atoms. The van der Waals surface area contributed by atoms with Crippen LogP contribution in [-0.4, -0.2) is 16.1 Å². The first kappa shape index (κ1) is 10.1. The molecule has 0 unspecified atom stereocenters. The van der Waals surface area contributed by atoms with Gasteiger partial charge in [-0.2, -0.15) is 0 Å². The van der Waals surface area contributed by atoms with Gasteiger partial charge in [0, 0.05) is 10.6 Å². The average molecular weight is 240 g/mol. The van der Waals surface area contributed by atoms with Crippen LogP contribution in [0.3, 0.4) is 0 Å². The standard InChI is InChI=1S/C9H6ClN3OS/c10-6-3-1-5(2-4-6)8-12-13-9(15-8)7(11)14/h1-4H,(H2,11,14). The van der Waals surface area contributed by atoms with Gasteiger partial charge in [-0.15, -0.1) is 10.2 Å². The van der Waals surface area contributed by atoms with E-state index in [-0.39, 0.29) is 5.01 Å². The third-order valence-electron chi connectivity index (χ3n) is 1.73. The second kappa shape index (κ2) is 3.96. The molecular weight excluding hydrogens is 234 g/mol. The van der Waals surface area contributed by atoms with E-state index in [4.69, 9.17) is 17.3 Å². The number of carbonyl (C=O) groups excluding carboxylic acids is 1. The molecule has 0 atom stereocenters. The van der Waals surface area contributed by atoms with E-state index in [1.807, 2.05) is 12.1 Å². The lowest BCUT2D eigenvalue weighted by Crippen LogP contribution is -2.10. The summed E-state index contributed by atoms with van der Waals surface area (Å²) in [7, 11) is 0. The van der Waals surface area contributed by atoms with Gasteiger partial charge in [-0.1, -0.05) is 35.1 Å². The Hall–Kier alpha value is -1.46. The van der Waals surface area contributed by atoms with E-state index in [1.54, 1.807) is 12.1 Å². The summed E-state index contributed by atoms with van der Waals surface area (Å²) in [5, 5.41) is 9.05. The van der Waals surface area contributed by atoms with Crippen molar-refractivity contribution < 1.29 is 4.79 Å². The minimum atomic E-state index is -0.562. The van der Waals surface area contributed by atoms with Crippen LogP contribution in [0.4, 0.5) is 0 Å². The molecule has 76 valence electrons. The molecule has 2 rings (SSSR count). The van der Waals surface area contributed by atoms with Gasteiger partial charge in [0.1, 0.15) is 5.01 Å². The molecule has 6 heteroatoms. The Morgan fingerprint density at radius 2 is 1.93 bits per heavy atom. The number of primary amides is 1. The molecular formula is C9H6ClN3OS. The molecule has 1 amide bonds. The Morgan fingerprint density at radius 3 is 2.47 bits per heavy atom. The Labute approximate surface area is 94.7 Å². The fourth-order valence-electron chi connectivity index (χ4n) is 1.03. The molecule has 0 fully saturated rings. The maximum Gasteiger partial charge on any atom is 0.279 e. The topological polar surface area (TPSA) is 68.9 Å². The fourth-order valence-corrected chi connectivity index (χ4v) is 1.86. The summed E-state index contributed by atoms with van der Waals surface area (Å²) in [6, 6.07) is 7.13. The summed E-state index contributed by atoms with van der Waals surface area (Å²) in [4.78, 5) is 10.8. The van der Waals surface area contributed by atoms with E-state index in [2.05, 4.69) is 10.2 Å². The van der Waals surface area contributed by atoms with Crippen molar-refractivity contribution in [3.05, 3.63) is 34.3 Å². The van der Waals surface area contributed by atoms with Crippen LogP contribution in [0.25, 0.3) is 10.6 Å². The average Bonchev–Trinajstić information content (AvgIpc) is 2.68. The Balaban J connectivity index is 2.37. The molecule has 0 saturated heterocycles. The van der Waals surface area contributed by atoms with Crippen LogP contribution < -0.4 is 5.73 Å². The lowest BCUT2D eigenvalue weighted by Gasteiger charge is -1.93. The van der Waals surface area contributed by atoms with E-state index in [1.165, 1.54) is 0 Å². The molecule has 0 spiro atoms. The van der Waals surface area contributed by atoms with E-state index in [0.29, 0.717) is 10.0 Å². The van der Waals surface area contributed by atoms with Crippen LogP contribution in [0.5, 0.6) is 0 Å². The second-order valence-corrected chi connectivity index (χ2v) is 4.20. The molecule has 0 aliphatic heterocycles. The third-order valence-corrected chi connectivity index (χ3v) is 2.97. The lowest BCUT2D eigenvalue weighted by atomic mass is 10.2. The zero-order valence-corrected chi connectivity index (χ0v) is 9.05. The molecule has 15 heavy (non-hydrogen) atoms. The monoisotopic (exact) mass is 239 g/mol. The van der Waals surface area contributed by atoms with Crippen LogP contribution >= 0.6 is 22.9 Å². The van der Waals surface area contributed by atoms with E-state index >= 15 is 0 Å². The van der Waals surface area contributed by atoms with Crippen LogP contribution in [0.1, 0.15) is 9.80 Å². The second-order valence-electron chi connectivity index (χ2n) is 2.78. The highest BCUT2D eigenvalue weighted by atomic mass is 35.5. The summed E-state index contributed by atoms with van der Waals surface area (Å²) in [5.41, 5.74) is 5.94. The number of amides is 1. The summed E-state index contributed by atoms with van der Waals surface area (Å²) < 4.78 is 0. The third kappa shape index (κ3) is 2.14. The van der Waals surface area contributed by atoms with Crippen molar-refractivity contribution in [1.82, 2.24) is 10.2 Å². The van der Waals surface area contributed by atoms with Gasteiger partial charge in [0.25, 0.3) is 5.91 Å². The predicted octanol–water partition coefficient (Wildman–Crippen LogP) is 1.96. The molecule has 2 N–H and O–H groups in total. The van der Waals surface area contributed by atoms with E-state index in [9.17, 15) is 4.79 Å². The molecule has 0 radical (unpaired) electrons. The van der Waals surface area contributed by atoms with Crippen molar-refractivity contribution in [1.29, 1.82) is 0 Å². The number of carbonyl (C=O) groups is 1. The first-order chi connectivity index (χ1) is 7.16. The number of rotatable bonds is 2. The number of halogens is 1. The molecule has 1 aromatic heterocycles. The van der Waals surface area contributed by atoms with Gasteiger partial charge in [-0.25, -0.2) is 0 Å². The van der Waals surface area contributed by atoms with Gasteiger partial charge in [0.2, 0.25) is 5.01 Å². The van der Waals surface area contributed by atoms with Crippen molar-refractivity contribution in [2.24, 2.45) is 5.73 Å². The maximum atomic E-state index is 10.8. The maximum absolute atomic E-state index is 10.8. The van der Waals surface area contributed by atoms with Gasteiger partial charge in [0.15, 0.2) is 0 Å². The van der Waals surface area contributed by atoms with Crippen molar-refractivity contribution in [3.63, 3.8) is 0 Å².